The molecular weight excluding hydrogens is 370 g/mol. The quantitative estimate of drug-likeness (QED) is 0.645. The number of fused-ring (bicyclic) bond motifs is 1. The molecule has 0 fully saturated rings. The van der Waals surface area contributed by atoms with Gasteiger partial charge in [-0.3, -0.25) is 14.2 Å². The lowest BCUT2D eigenvalue weighted by atomic mass is 9.97. The third-order valence-corrected chi connectivity index (χ3v) is 4.86. The number of aryl methyl sites for hydroxylation is 3. The molecule has 1 N–H and O–H groups in total. The lowest BCUT2D eigenvalue weighted by molar-refractivity contribution is -0.154. The van der Waals surface area contributed by atoms with Gasteiger partial charge in [-0.1, -0.05) is 12.1 Å². The number of aromatic nitrogens is 3. The van der Waals surface area contributed by atoms with Crippen molar-refractivity contribution in [2.75, 3.05) is 7.11 Å². The molecule has 0 saturated carbocycles. The van der Waals surface area contributed by atoms with Gasteiger partial charge < -0.3 is 14.5 Å². The monoisotopic (exact) mass is 397 g/mol. The molecule has 29 heavy (non-hydrogen) atoms. The van der Waals surface area contributed by atoms with Gasteiger partial charge in [-0.15, -0.1) is 0 Å². The first-order chi connectivity index (χ1) is 13.7. The number of rotatable bonds is 6. The van der Waals surface area contributed by atoms with E-state index in [1.807, 2.05) is 31.2 Å². The zero-order valence-electron chi connectivity index (χ0n) is 17.5. The normalized spacial score (nSPS) is 11.6. The van der Waals surface area contributed by atoms with Crippen LogP contribution in [-0.4, -0.2) is 27.6 Å². The largest absolute Gasteiger partial charge is 0.497 e. The van der Waals surface area contributed by atoms with Crippen LogP contribution in [0.3, 0.4) is 0 Å². The number of aromatic amines is 1. The summed E-state index contributed by atoms with van der Waals surface area (Å²) >= 11 is 0. The molecule has 0 atom stereocenters. The predicted molar refractivity (Wildman–Crippen MR) is 111 cm³/mol. The van der Waals surface area contributed by atoms with Gasteiger partial charge in [-0.2, -0.15) is 0 Å². The summed E-state index contributed by atoms with van der Waals surface area (Å²) in [5.74, 6) is 0.487. The number of carbonyl (C=O) groups is 1. The highest BCUT2D eigenvalue weighted by Gasteiger charge is 2.24. The van der Waals surface area contributed by atoms with Crippen LogP contribution in [0.4, 0.5) is 0 Å². The van der Waals surface area contributed by atoms with Gasteiger partial charge in [0.15, 0.2) is 0 Å². The topological polar surface area (TPSA) is 86.2 Å². The molecule has 0 saturated heterocycles. The molecule has 7 heteroatoms. The number of methoxy groups -OCH3 is 1. The van der Waals surface area contributed by atoms with E-state index in [2.05, 4.69) is 9.97 Å². The Morgan fingerprint density at radius 3 is 2.52 bits per heavy atom. The minimum absolute atomic E-state index is 0.0430. The maximum absolute atomic E-state index is 13.1. The molecule has 3 rings (SSSR count). The molecule has 2 aromatic heterocycles. The molecule has 0 radical (unpaired) electrons. The van der Waals surface area contributed by atoms with Gasteiger partial charge in [0.2, 0.25) is 0 Å². The molecule has 2 heterocycles. The van der Waals surface area contributed by atoms with Crippen LogP contribution in [0.25, 0.3) is 11.0 Å². The van der Waals surface area contributed by atoms with Crippen molar-refractivity contribution < 1.29 is 14.3 Å². The Balaban J connectivity index is 1.83. The van der Waals surface area contributed by atoms with E-state index in [0.717, 1.165) is 17.0 Å². The molecular formula is C22H27N3O4. The van der Waals surface area contributed by atoms with E-state index < -0.39 is 5.41 Å². The number of nitrogens with one attached hydrogen (secondary N) is 1. The highest BCUT2D eigenvalue weighted by Crippen LogP contribution is 2.21. The number of hydrogen-bond donors (Lipinski definition) is 1. The van der Waals surface area contributed by atoms with Crippen LogP contribution >= 0.6 is 0 Å². The average Bonchev–Trinajstić information content (AvgIpc) is 3.01. The summed E-state index contributed by atoms with van der Waals surface area (Å²) in [6, 6.07) is 7.76. The van der Waals surface area contributed by atoms with Crippen LogP contribution in [0.2, 0.25) is 0 Å². The number of benzene rings is 1. The molecule has 0 aliphatic heterocycles. The maximum Gasteiger partial charge on any atom is 0.311 e. The fraction of sp³-hybridized carbons (Fsp3) is 0.409. The molecule has 3 aromatic rings. The Morgan fingerprint density at radius 1 is 1.21 bits per heavy atom. The Labute approximate surface area is 169 Å². The molecule has 1 aromatic carbocycles. The van der Waals surface area contributed by atoms with E-state index in [1.165, 1.54) is 0 Å². The summed E-state index contributed by atoms with van der Waals surface area (Å²) in [4.78, 5) is 32.7. The first-order valence-corrected chi connectivity index (χ1v) is 9.57. The molecule has 7 nitrogen and oxygen atoms in total. The van der Waals surface area contributed by atoms with E-state index in [-0.39, 0.29) is 18.1 Å². The van der Waals surface area contributed by atoms with Crippen molar-refractivity contribution in [1.29, 1.82) is 0 Å². The molecule has 0 unspecified atom stereocenters. The van der Waals surface area contributed by atoms with Crippen LogP contribution in [-0.2, 0) is 29.1 Å². The molecule has 154 valence electrons. The number of carbonyl (C=O) groups excluding carboxylic acids is 1. The van der Waals surface area contributed by atoms with Crippen molar-refractivity contribution in [1.82, 2.24) is 14.5 Å². The van der Waals surface area contributed by atoms with Crippen LogP contribution in [0.5, 0.6) is 5.75 Å². The van der Waals surface area contributed by atoms with Crippen molar-refractivity contribution in [3.63, 3.8) is 0 Å². The lowest BCUT2D eigenvalue weighted by Gasteiger charge is -2.16. The standard InChI is InChI=1S/C22H27N3O4/c1-14-17(12-29-21(27)22(2,3)4)18-19(24-14)23-13-25(20(18)26)11-10-15-6-8-16(28-5)9-7-15/h6-9,13,24H,10-12H2,1-5H3. The third kappa shape index (κ3) is 4.50. The minimum atomic E-state index is -0.600. The zero-order chi connectivity index (χ0) is 21.2. The van der Waals surface area contributed by atoms with Crippen LogP contribution in [0, 0.1) is 12.3 Å². The Bertz CT molecular complexity index is 1070. The SMILES string of the molecule is COc1ccc(CCn2cnc3[nH]c(C)c(COC(=O)C(C)(C)C)c3c2=O)cc1. The summed E-state index contributed by atoms with van der Waals surface area (Å²) in [6.45, 7) is 7.78. The van der Waals surface area contributed by atoms with Crippen LogP contribution in [0.15, 0.2) is 35.4 Å². The molecule has 0 amide bonds. The molecule has 0 aliphatic rings. The van der Waals surface area contributed by atoms with Crippen LogP contribution in [0.1, 0.15) is 37.6 Å². The van der Waals surface area contributed by atoms with E-state index in [4.69, 9.17) is 9.47 Å². The average molecular weight is 397 g/mol. The van der Waals surface area contributed by atoms with E-state index in [0.29, 0.717) is 29.6 Å². The van der Waals surface area contributed by atoms with Gasteiger partial charge >= 0.3 is 5.97 Å². The Kier molecular flexibility index (Phi) is 5.77. The molecule has 0 aliphatic carbocycles. The number of esters is 1. The van der Waals surface area contributed by atoms with Gasteiger partial charge in [-0.05, 0) is 51.8 Å². The van der Waals surface area contributed by atoms with Crippen molar-refractivity contribution in [2.24, 2.45) is 5.41 Å². The maximum atomic E-state index is 13.1. The van der Waals surface area contributed by atoms with E-state index >= 15 is 0 Å². The molecule has 0 bridgehead atoms. The highest BCUT2D eigenvalue weighted by molar-refractivity contribution is 5.81. The number of ether oxygens (including phenoxy) is 2. The van der Waals surface area contributed by atoms with Crippen LogP contribution < -0.4 is 10.3 Å². The lowest BCUT2D eigenvalue weighted by Crippen LogP contribution is -2.24. The van der Waals surface area contributed by atoms with Gasteiger partial charge in [-0.25, -0.2) is 4.98 Å². The first kappa shape index (κ1) is 20.6. The van der Waals surface area contributed by atoms with E-state index in [1.54, 1.807) is 38.8 Å². The van der Waals surface area contributed by atoms with Gasteiger partial charge in [0.05, 0.1) is 24.2 Å². The highest BCUT2D eigenvalue weighted by atomic mass is 16.5. The smallest absolute Gasteiger partial charge is 0.311 e. The second-order valence-electron chi connectivity index (χ2n) is 8.12. The van der Waals surface area contributed by atoms with Crippen molar-refractivity contribution >= 4 is 17.0 Å². The van der Waals surface area contributed by atoms with E-state index in [9.17, 15) is 9.59 Å². The van der Waals surface area contributed by atoms with Crippen molar-refractivity contribution in [3.8, 4) is 5.75 Å². The van der Waals surface area contributed by atoms with Gasteiger partial charge in [0.25, 0.3) is 5.56 Å². The number of H-pyrrole nitrogens is 1. The summed E-state index contributed by atoms with van der Waals surface area (Å²) in [5, 5.41) is 0.474. The second kappa shape index (κ2) is 8.11. The van der Waals surface area contributed by atoms with Gasteiger partial charge in [0.1, 0.15) is 18.0 Å². The number of nitrogens with zero attached hydrogens (tertiary/aromatic N) is 2. The second-order valence-corrected chi connectivity index (χ2v) is 8.12. The fourth-order valence-corrected chi connectivity index (χ4v) is 3.03. The van der Waals surface area contributed by atoms with Crippen molar-refractivity contribution in [3.05, 3.63) is 57.8 Å². The van der Waals surface area contributed by atoms with Crippen molar-refractivity contribution in [2.45, 2.75) is 47.3 Å². The minimum Gasteiger partial charge on any atom is -0.497 e. The Morgan fingerprint density at radius 2 is 1.90 bits per heavy atom. The first-order valence-electron chi connectivity index (χ1n) is 9.57. The van der Waals surface area contributed by atoms with Gasteiger partial charge in [0, 0.05) is 17.8 Å². The summed E-state index contributed by atoms with van der Waals surface area (Å²) < 4.78 is 12.2. The summed E-state index contributed by atoms with van der Waals surface area (Å²) in [7, 11) is 1.63. The predicted octanol–water partition coefficient (Wildman–Crippen LogP) is 3.37. The Hall–Kier alpha value is -3.09. The zero-order valence-corrected chi connectivity index (χ0v) is 17.5. The molecule has 0 spiro atoms. The summed E-state index contributed by atoms with van der Waals surface area (Å²) in [5.41, 5.74) is 2.32. The third-order valence-electron chi connectivity index (χ3n) is 4.86. The fourth-order valence-electron chi connectivity index (χ4n) is 3.03. The summed E-state index contributed by atoms with van der Waals surface area (Å²) in [6.07, 6.45) is 2.24. The number of hydrogen-bond acceptors (Lipinski definition) is 5.